The molecule has 0 amide bonds. The predicted octanol–water partition coefficient (Wildman–Crippen LogP) is 1.76. The van der Waals surface area contributed by atoms with E-state index < -0.39 is 17.5 Å². The molecule has 0 saturated carbocycles. The van der Waals surface area contributed by atoms with Crippen molar-refractivity contribution in [2.45, 2.75) is 13.0 Å². The third kappa shape index (κ3) is 3.10. The Balaban J connectivity index is 3.11. The first-order chi connectivity index (χ1) is 8.51. The maximum atomic E-state index is 13.7. The third-order valence-corrected chi connectivity index (χ3v) is 2.33. The first-order valence-corrected chi connectivity index (χ1v) is 5.36. The first-order valence-electron chi connectivity index (χ1n) is 5.36. The zero-order valence-corrected chi connectivity index (χ0v) is 10.5. The molecule has 5 nitrogen and oxygen atoms in total. The number of aromatic hydroxyl groups is 1. The molecule has 0 bridgehead atoms. The number of methoxy groups -OCH3 is 2. The molecule has 0 aliphatic heterocycles. The maximum Gasteiger partial charge on any atom is 0.343 e. The lowest BCUT2D eigenvalue weighted by Gasteiger charge is -2.17. The maximum absolute atomic E-state index is 13.7. The predicted molar refractivity (Wildman–Crippen MR) is 64.4 cm³/mol. The highest BCUT2D eigenvalue weighted by atomic mass is 19.1. The van der Waals surface area contributed by atoms with Crippen LogP contribution in [0.4, 0.5) is 10.1 Å². The lowest BCUT2D eigenvalue weighted by Crippen LogP contribution is -2.23. The van der Waals surface area contributed by atoms with Crippen molar-refractivity contribution in [1.29, 1.82) is 0 Å². The monoisotopic (exact) mass is 257 g/mol. The summed E-state index contributed by atoms with van der Waals surface area (Å²) >= 11 is 0. The van der Waals surface area contributed by atoms with Crippen LogP contribution in [0.3, 0.4) is 0 Å². The van der Waals surface area contributed by atoms with Gasteiger partial charge in [0.25, 0.3) is 0 Å². The van der Waals surface area contributed by atoms with Gasteiger partial charge in [-0.3, -0.25) is 0 Å². The van der Waals surface area contributed by atoms with E-state index in [9.17, 15) is 14.3 Å². The van der Waals surface area contributed by atoms with E-state index in [0.717, 1.165) is 7.11 Å². The molecule has 2 N–H and O–H groups in total. The second-order valence-corrected chi connectivity index (χ2v) is 3.81. The molecule has 1 aromatic carbocycles. The van der Waals surface area contributed by atoms with Crippen LogP contribution in [0.1, 0.15) is 17.3 Å². The van der Waals surface area contributed by atoms with Gasteiger partial charge in [-0.25, -0.2) is 9.18 Å². The van der Waals surface area contributed by atoms with Gasteiger partial charge in [0.2, 0.25) is 0 Å². The molecule has 1 atom stereocenters. The summed E-state index contributed by atoms with van der Waals surface area (Å²) in [5.74, 6) is -2.45. The molecule has 0 spiro atoms. The highest BCUT2D eigenvalue weighted by Crippen LogP contribution is 2.27. The van der Waals surface area contributed by atoms with E-state index in [2.05, 4.69) is 10.1 Å². The lowest BCUT2D eigenvalue weighted by atomic mass is 10.1. The van der Waals surface area contributed by atoms with Crippen LogP contribution in [0.5, 0.6) is 5.75 Å². The van der Waals surface area contributed by atoms with Crippen LogP contribution in [0.2, 0.25) is 0 Å². The van der Waals surface area contributed by atoms with E-state index in [1.807, 2.05) is 6.92 Å². The SMILES string of the molecule is COC[C@H](C)Nc1ccc(O)c(F)c1C(=O)OC. The van der Waals surface area contributed by atoms with Crippen LogP contribution in [-0.4, -0.2) is 37.9 Å². The molecule has 6 heteroatoms. The summed E-state index contributed by atoms with van der Waals surface area (Å²) in [4.78, 5) is 11.5. The van der Waals surface area contributed by atoms with Crippen LogP contribution >= 0.6 is 0 Å². The highest BCUT2D eigenvalue weighted by molar-refractivity contribution is 5.96. The van der Waals surface area contributed by atoms with Gasteiger partial charge in [0.15, 0.2) is 11.6 Å². The van der Waals surface area contributed by atoms with Crippen LogP contribution in [-0.2, 0) is 9.47 Å². The number of phenolic OH excluding ortho intramolecular Hbond substituents is 1. The van der Waals surface area contributed by atoms with Crippen LogP contribution < -0.4 is 5.32 Å². The molecule has 0 aromatic heterocycles. The number of benzene rings is 1. The van der Waals surface area contributed by atoms with Crippen molar-refractivity contribution >= 4 is 11.7 Å². The van der Waals surface area contributed by atoms with E-state index >= 15 is 0 Å². The largest absolute Gasteiger partial charge is 0.505 e. The van der Waals surface area contributed by atoms with Crippen molar-refractivity contribution in [1.82, 2.24) is 0 Å². The van der Waals surface area contributed by atoms with Crippen molar-refractivity contribution < 1.29 is 23.8 Å². The Hall–Kier alpha value is -1.82. The Morgan fingerprint density at radius 2 is 2.17 bits per heavy atom. The minimum Gasteiger partial charge on any atom is -0.505 e. The summed E-state index contributed by atoms with van der Waals surface area (Å²) in [6.07, 6.45) is 0. The summed E-state index contributed by atoms with van der Waals surface area (Å²) in [5.41, 5.74) is -0.0675. The van der Waals surface area contributed by atoms with Crippen LogP contribution in [0.15, 0.2) is 12.1 Å². The van der Waals surface area contributed by atoms with Gasteiger partial charge in [0.1, 0.15) is 5.56 Å². The normalized spacial score (nSPS) is 12.0. The van der Waals surface area contributed by atoms with Crippen LogP contribution in [0, 0.1) is 5.82 Å². The van der Waals surface area contributed by atoms with Gasteiger partial charge < -0.3 is 19.9 Å². The molecule has 0 heterocycles. The van der Waals surface area contributed by atoms with Gasteiger partial charge in [0, 0.05) is 13.2 Å². The Bertz CT molecular complexity index is 436. The van der Waals surface area contributed by atoms with E-state index in [1.165, 1.54) is 19.2 Å². The van der Waals surface area contributed by atoms with Gasteiger partial charge in [0.05, 0.1) is 19.4 Å². The fourth-order valence-corrected chi connectivity index (χ4v) is 1.54. The molecular weight excluding hydrogens is 241 g/mol. The number of phenols is 1. The van der Waals surface area contributed by atoms with Gasteiger partial charge in [-0.05, 0) is 19.1 Å². The topological polar surface area (TPSA) is 67.8 Å². The quantitative estimate of drug-likeness (QED) is 0.621. The average molecular weight is 257 g/mol. The molecule has 1 aromatic rings. The Kier molecular flexibility index (Phi) is 4.91. The second kappa shape index (κ2) is 6.20. The fourth-order valence-electron chi connectivity index (χ4n) is 1.54. The zero-order chi connectivity index (χ0) is 13.7. The van der Waals surface area contributed by atoms with Crippen molar-refractivity contribution in [3.63, 3.8) is 0 Å². The van der Waals surface area contributed by atoms with E-state index in [1.54, 1.807) is 0 Å². The van der Waals surface area contributed by atoms with Gasteiger partial charge in [-0.15, -0.1) is 0 Å². The number of ether oxygens (including phenoxy) is 2. The molecule has 1 rings (SSSR count). The molecule has 0 aliphatic carbocycles. The Morgan fingerprint density at radius 1 is 1.50 bits per heavy atom. The number of hydrogen-bond donors (Lipinski definition) is 2. The summed E-state index contributed by atoms with van der Waals surface area (Å²) < 4.78 is 23.1. The Labute approximate surface area is 105 Å². The van der Waals surface area contributed by atoms with Crippen molar-refractivity contribution in [2.24, 2.45) is 0 Å². The summed E-state index contributed by atoms with van der Waals surface area (Å²) in [7, 11) is 2.69. The van der Waals surface area contributed by atoms with Gasteiger partial charge in [-0.2, -0.15) is 0 Å². The smallest absolute Gasteiger partial charge is 0.343 e. The number of esters is 1. The Morgan fingerprint density at radius 3 is 2.72 bits per heavy atom. The lowest BCUT2D eigenvalue weighted by molar-refractivity contribution is 0.0595. The number of nitrogens with one attached hydrogen (secondary N) is 1. The number of hydrogen-bond acceptors (Lipinski definition) is 5. The first kappa shape index (κ1) is 14.2. The number of carbonyl (C=O) groups is 1. The van der Waals surface area contributed by atoms with Crippen LogP contribution in [0.25, 0.3) is 0 Å². The van der Waals surface area contributed by atoms with E-state index in [4.69, 9.17) is 4.74 Å². The highest BCUT2D eigenvalue weighted by Gasteiger charge is 2.21. The molecule has 100 valence electrons. The van der Waals surface area contributed by atoms with E-state index in [-0.39, 0.29) is 17.3 Å². The van der Waals surface area contributed by atoms with Crippen molar-refractivity contribution in [2.75, 3.05) is 26.1 Å². The molecule has 0 fully saturated rings. The minimum atomic E-state index is -1.00. The molecular formula is C12H16FNO4. The van der Waals surface area contributed by atoms with Gasteiger partial charge >= 0.3 is 5.97 Å². The summed E-state index contributed by atoms with van der Waals surface area (Å²) in [6.45, 7) is 2.21. The van der Waals surface area contributed by atoms with E-state index in [0.29, 0.717) is 6.61 Å². The summed E-state index contributed by atoms with van der Waals surface area (Å²) in [5, 5.41) is 12.2. The number of carbonyl (C=O) groups excluding carboxylic acids is 1. The number of halogens is 1. The van der Waals surface area contributed by atoms with Crippen molar-refractivity contribution in [3.8, 4) is 5.75 Å². The standard InChI is InChI=1S/C12H16FNO4/c1-7(6-17-2)14-8-4-5-9(15)11(13)10(8)12(16)18-3/h4-5,7,14-15H,6H2,1-3H3/t7-/m0/s1. The second-order valence-electron chi connectivity index (χ2n) is 3.81. The molecule has 0 radical (unpaired) electrons. The number of rotatable bonds is 5. The molecule has 0 saturated heterocycles. The molecule has 0 unspecified atom stereocenters. The summed E-state index contributed by atoms with van der Waals surface area (Å²) in [6, 6.07) is 2.46. The average Bonchev–Trinajstić information content (AvgIpc) is 2.33. The third-order valence-electron chi connectivity index (χ3n) is 2.33. The number of anilines is 1. The van der Waals surface area contributed by atoms with Crippen molar-refractivity contribution in [3.05, 3.63) is 23.5 Å². The fraction of sp³-hybridized carbons (Fsp3) is 0.417. The van der Waals surface area contributed by atoms with Gasteiger partial charge in [-0.1, -0.05) is 0 Å². The zero-order valence-electron chi connectivity index (χ0n) is 10.5. The molecule has 0 aliphatic rings. The molecule has 18 heavy (non-hydrogen) atoms. The minimum absolute atomic E-state index is 0.123.